The van der Waals surface area contributed by atoms with Crippen molar-refractivity contribution in [3.8, 4) is 0 Å². The lowest BCUT2D eigenvalue weighted by atomic mass is 10.2. The van der Waals surface area contributed by atoms with E-state index in [2.05, 4.69) is 84.4 Å². The highest BCUT2D eigenvalue weighted by Gasteiger charge is 2.07. The quantitative estimate of drug-likeness (QED) is 0.144. The van der Waals surface area contributed by atoms with Crippen LogP contribution in [-0.2, 0) is 0 Å². The number of rotatable bonds is 0. The highest BCUT2D eigenvalue weighted by atomic mass is 80.9. The van der Waals surface area contributed by atoms with Crippen LogP contribution in [0.3, 0.4) is 0 Å². The number of benzene rings is 4. The third-order valence-corrected chi connectivity index (χ3v) is 5.66. The van der Waals surface area contributed by atoms with E-state index in [4.69, 9.17) is 43.6 Å². The summed E-state index contributed by atoms with van der Waals surface area (Å²) in [6.45, 7) is 0. The van der Waals surface area contributed by atoms with Gasteiger partial charge in [-0.25, -0.2) is 0 Å². The lowest BCUT2D eigenvalue weighted by Crippen LogP contribution is -1.67. The van der Waals surface area contributed by atoms with Crippen LogP contribution in [-0.4, -0.2) is 4.30 Å². The van der Waals surface area contributed by atoms with Crippen molar-refractivity contribution in [3.63, 3.8) is 0 Å². The second-order valence-electron chi connectivity index (χ2n) is 6.72. The number of hydrogen-bond acceptors (Lipinski definition) is 2. The largest absolute Gasteiger partial charge is 0.456 e. The van der Waals surface area contributed by atoms with Crippen LogP contribution in [0.25, 0.3) is 43.9 Å². The van der Waals surface area contributed by atoms with Crippen LogP contribution in [0.15, 0.2) is 103 Å². The van der Waals surface area contributed by atoms with Crippen molar-refractivity contribution >= 4 is 139 Å². The molecule has 0 bridgehead atoms. The zero-order valence-electron chi connectivity index (χ0n) is 17.1. The predicted octanol–water partition coefficient (Wildman–Crippen LogP) is 12.4. The van der Waals surface area contributed by atoms with Gasteiger partial charge < -0.3 is 8.83 Å². The maximum atomic E-state index is 5.72. The van der Waals surface area contributed by atoms with Gasteiger partial charge in [-0.2, -0.15) is 0 Å². The van der Waals surface area contributed by atoms with Crippen LogP contribution in [0.4, 0.5) is 0 Å². The first-order chi connectivity index (χ1) is 16.4. The summed E-state index contributed by atoms with van der Waals surface area (Å²) >= 11 is 26.9. The summed E-state index contributed by atoms with van der Waals surface area (Å²) in [5, 5.41) is 4.66. The molecular weight excluding hydrogens is 758 g/mol. The minimum absolute atomic E-state index is 0.750. The molecule has 0 radical (unpaired) electrons. The van der Waals surface area contributed by atoms with Crippen molar-refractivity contribution in [2.45, 2.75) is 4.30 Å². The Morgan fingerprint density at radius 1 is 0.500 bits per heavy atom. The summed E-state index contributed by atoms with van der Waals surface area (Å²) in [5.74, 6) is 0. The molecule has 0 aliphatic rings. The molecule has 176 valence electrons. The standard InChI is InChI=1S/C12H6Br2O.C12H8O.CHCl3.Br2/c13-7-1-3-11-9(5-7)10-6-8(14)2-4-12(10)15-11;1-3-7-11-9(5-1)10-6-2-4-8-12(10)13-11;2-1(3)4;1-2/h1-6H;1-8H;1H;. The fraction of sp³-hybridized carbons (Fsp3) is 0.0400. The van der Waals surface area contributed by atoms with Crippen molar-refractivity contribution in [2.24, 2.45) is 0 Å². The van der Waals surface area contributed by atoms with E-state index in [1.807, 2.05) is 60.7 Å². The summed E-state index contributed by atoms with van der Waals surface area (Å²) < 4.78 is 12.8. The molecule has 4 aromatic carbocycles. The van der Waals surface area contributed by atoms with Gasteiger partial charge in [0.05, 0.1) is 0 Å². The number of para-hydroxylation sites is 2. The molecule has 0 spiro atoms. The Morgan fingerprint density at radius 3 is 1.21 bits per heavy atom. The molecular formula is C25H15Br4Cl3O2. The minimum atomic E-state index is -0.750. The summed E-state index contributed by atoms with van der Waals surface area (Å²) in [6, 6.07) is 28.3. The first-order valence-electron chi connectivity index (χ1n) is 9.62. The van der Waals surface area contributed by atoms with Gasteiger partial charge in [0, 0.05) is 58.7 Å². The highest BCUT2D eigenvalue weighted by molar-refractivity contribution is 9.93. The molecule has 0 aliphatic heterocycles. The Balaban J connectivity index is 0.000000157. The van der Waals surface area contributed by atoms with Gasteiger partial charge in [-0.1, -0.05) is 103 Å². The second kappa shape index (κ2) is 13.5. The first-order valence-corrected chi connectivity index (χ1v) is 16.2. The van der Waals surface area contributed by atoms with E-state index in [0.717, 1.165) is 42.0 Å². The van der Waals surface area contributed by atoms with Crippen molar-refractivity contribution < 1.29 is 8.83 Å². The lowest BCUT2D eigenvalue weighted by molar-refractivity contribution is 0.668. The molecule has 2 nitrogen and oxygen atoms in total. The number of furan rings is 2. The third-order valence-electron chi connectivity index (χ3n) is 4.68. The lowest BCUT2D eigenvalue weighted by Gasteiger charge is -1.91. The van der Waals surface area contributed by atoms with Gasteiger partial charge in [0.15, 0.2) is 4.30 Å². The molecule has 2 heterocycles. The van der Waals surface area contributed by atoms with Gasteiger partial charge in [0.2, 0.25) is 0 Å². The van der Waals surface area contributed by atoms with Gasteiger partial charge in [-0.05, 0) is 48.5 Å². The molecule has 34 heavy (non-hydrogen) atoms. The molecule has 0 aliphatic carbocycles. The molecule has 0 saturated carbocycles. The summed E-state index contributed by atoms with van der Waals surface area (Å²) in [5.41, 5.74) is 3.77. The van der Waals surface area contributed by atoms with Crippen LogP contribution in [0.2, 0.25) is 0 Å². The van der Waals surface area contributed by atoms with E-state index in [-0.39, 0.29) is 0 Å². The molecule has 0 amide bonds. The normalized spacial score (nSPS) is 10.5. The fourth-order valence-corrected chi connectivity index (χ4v) is 4.12. The molecule has 0 saturated heterocycles. The van der Waals surface area contributed by atoms with E-state index < -0.39 is 4.30 Å². The zero-order chi connectivity index (χ0) is 24.7. The van der Waals surface area contributed by atoms with Gasteiger partial charge in [0.25, 0.3) is 0 Å². The zero-order valence-corrected chi connectivity index (χ0v) is 25.7. The Kier molecular flexibility index (Phi) is 11.1. The maximum Gasteiger partial charge on any atom is 0.180 e. The SMILES string of the molecule is BrBr.Brc1ccc2oc3ccc(Br)cc3c2c1.ClC(Cl)Cl.c1ccc2c(c1)oc1ccccc12. The highest BCUT2D eigenvalue weighted by Crippen LogP contribution is 2.32. The molecule has 2 aromatic heterocycles. The Bertz CT molecular complexity index is 1400. The number of halogens is 7. The third kappa shape index (κ3) is 7.16. The molecule has 0 unspecified atom stereocenters. The number of alkyl halides is 3. The molecule has 0 fully saturated rings. The summed E-state index contributed by atoms with van der Waals surface area (Å²) in [4.78, 5) is 0. The van der Waals surface area contributed by atoms with Crippen LogP contribution < -0.4 is 0 Å². The monoisotopic (exact) mass is 768 g/mol. The van der Waals surface area contributed by atoms with Crippen molar-refractivity contribution in [1.29, 1.82) is 0 Å². The minimum Gasteiger partial charge on any atom is -0.456 e. The van der Waals surface area contributed by atoms with Crippen LogP contribution in [0, 0.1) is 0 Å². The Morgan fingerprint density at radius 2 is 0.824 bits per heavy atom. The van der Waals surface area contributed by atoms with Gasteiger partial charge >= 0.3 is 0 Å². The molecule has 0 N–H and O–H groups in total. The van der Waals surface area contributed by atoms with Crippen molar-refractivity contribution in [2.75, 3.05) is 0 Å². The maximum absolute atomic E-state index is 5.72. The predicted molar refractivity (Wildman–Crippen MR) is 162 cm³/mol. The Labute approximate surface area is 243 Å². The molecule has 6 aromatic rings. The first kappa shape index (κ1) is 27.9. The smallest absolute Gasteiger partial charge is 0.180 e. The second-order valence-corrected chi connectivity index (χ2v) is 10.5. The van der Waals surface area contributed by atoms with Crippen LogP contribution in [0.5, 0.6) is 0 Å². The molecule has 6 rings (SSSR count). The topological polar surface area (TPSA) is 26.3 Å². The van der Waals surface area contributed by atoms with Gasteiger partial charge in [0.1, 0.15) is 22.3 Å². The van der Waals surface area contributed by atoms with Gasteiger partial charge in [-0.15, -0.1) is 0 Å². The average molecular weight is 773 g/mol. The van der Waals surface area contributed by atoms with Crippen LogP contribution >= 0.6 is 94.9 Å². The van der Waals surface area contributed by atoms with E-state index in [1.54, 1.807) is 0 Å². The van der Waals surface area contributed by atoms with Gasteiger partial charge in [-0.3, -0.25) is 0 Å². The van der Waals surface area contributed by atoms with Crippen LogP contribution in [0.1, 0.15) is 0 Å². The van der Waals surface area contributed by atoms with E-state index in [9.17, 15) is 0 Å². The summed E-state index contributed by atoms with van der Waals surface area (Å²) in [6.07, 6.45) is 0. The van der Waals surface area contributed by atoms with Crippen molar-refractivity contribution in [3.05, 3.63) is 93.9 Å². The molecule has 0 atom stereocenters. The average Bonchev–Trinajstić information content (AvgIpc) is 3.38. The van der Waals surface area contributed by atoms with Crippen molar-refractivity contribution in [1.82, 2.24) is 0 Å². The number of hydrogen-bond donors (Lipinski definition) is 0. The molecule has 9 heteroatoms. The fourth-order valence-electron chi connectivity index (χ4n) is 3.40. The van der Waals surface area contributed by atoms with E-state index in [1.165, 1.54) is 10.8 Å². The summed E-state index contributed by atoms with van der Waals surface area (Å²) in [7, 11) is 0. The van der Waals surface area contributed by atoms with E-state index >= 15 is 0 Å². The Hall–Kier alpha value is -0.730. The number of fused-ring (bicyclic) bond motifs is 6. The van der Waals surface area contributed by atoms with E-state index in [0.29, 0.717) is 0 Å².